The van der Waals surface area contributed by atoms with E-state index in [2.05, 4.69) is 15.4 Å². The van der Waals surface area contributed by atoms with E-state index in [4.69, 9.17) is 0 Å². The molecule has 1 amide bonds. The first-order valence-electron chi connectivity index (χ1n) is 7.59. The van der Waals surface area contributed by atoms with Crippen LogP contribution in [-0.2, 0) is 21.9 Å². The molecular formula is C14H19N5O3S2. The zero-order valence-electron chi connectivity index (χ0n) is 13.5. The van der Waals surface area contributed by atoms with Gasteiger partial charge < -0.3 is 5.32 Å². The van der Waals surface area contributed by atoms with Crippen LogP contribution in [0.25, 0.3) is 0 Å². The third kappa shape index (κ3) is 3.50. The largest absolute Gasteiger partial charge is 0.302 e. The minimum absolute atomic E-state index is 0.0949. The molecule has 1 N–H and O–H groups in total. The highest BCUT2D eigenvalue weighted by Gasteiger charge is 2.33. The van der Waals surface area contributed by atoms with Gasteiger partial charge >= 0.3 is 0 Å². The van der Waals surface area contributed by atoms with Crippen LogP contribution >= 0.6 is 11.3 Å². The van der Waals surface area contributed by atoms with Crippen molar-refractivity contribution in [3.05, 3.63) is 24.2 Å². The molecule has 0 spiro atoms. The normalized spacial score (nSPS) is 19.3. The lowest BCUT2D eigenvalue weighted by atomic mass is 9.96. The maximum Gasteiger partial charge on any atom is 0.254 e. The Bertz CT molecular complexity index is 842. The molecule has 1 aliphatic rings. The molecule has 0 saturated carbocycles. The average Bonchev–Trinajstić information content (AvgIpc) is 3.16. The second-order valence-corrected chi connectivity index (χ2v) is 8.98. The zero-order chi connectivity index (χ0) is 17.3. The summed E-state index contributed by atoms with van der Waals surface area (Å²) in [6.07, 6.45) is 4.88. The van der Waals surface area contributed by atoms with Crippen molar-refractivity contribution in [1.29, 1.82) is 0 Å². The number of aryl methyl sites for hydroxylation is 1. The number of hydrogen-bond acceptors (Lipinski definition) is 6. The van der Waals surface area contributed by atoms with Gasteiger partial charge in [-0.3, -0.25) is 9.48 Å². The second-order valence-electron chi connectivity index (χ2n) is 5.78. The third-order valence-electron chi connectivity index (χ3n) is 3.90. The minimum atomic E-state index is -3.61. The van der Waals surface area contributed by atoms with E-state index in [9.17, 15) is 13.2 Å². The Morgan fingerprint density at radius 1 is 1.46 bits per heavy atom. The Morgan fingerprint density at radius 2 is 2.25 bits per heavy atom. The molecule has 0 radical (unpaired) electrons. The van der Waals surface area contributed by atoms with E-state index < -0.39 is 10.0 Å². The predicted octanol–water partition coefficient (Wildman–Crippen LogP) is 1.40. The molecule has 3 rings (SSSR count). The van der Waals surface area contributed by atoms with Gasteiger partial charge in [-0.05, 0) is 18.9 Å². The third-order valence-corrected chi connectivity index (χ3v) is 7.11. The number of nitrogens with zero attached hydrogens (tertiary/aromatic N) is 4. The van der Waals surface area contributed by atoms with Crippen molar-refractivity contribution in [2.75, 3.05) is 18.4 Å². The number of sulfonamides is 1. The lowest BCUT2D eigenvalue weighted by molar-refractivity contribution is -0.114. The van der Waals surface area contributed by atoms with Crippen LogP contribution in [0.1, 0.15) is 31.4 Å². The van der Waals surface area contributed by atoms with E-state index in [1.807, 2.05) is 19.3 Å². The van der Waals surface area contributed by atoms with Gasteiger partial charge in [0.1, 0.15) is 0 Å². The van der Waals surface area contributed by atoms with Gasteiger partial charge in [-0.15, -0.1) is 0 Å². The topological polar surface area (TPSA) is 97.2 Å². The van der Waals surface area contributed by atoms with Crippen molar-refractivity contribution in [2.45, 2.75) is 29.9 Å². The number of thiazole rings is 1. The van der Waals surface area contributed by atoms with Gasteiger partial charge in [-0.2, -0.15) is 9.40 Å². The van der Waals surface area contributed by atoms with Gasteiger partial charge in [-0.25, -0.2) is 13.4 Å². The molecule has 10 heteroatoms. The molecule has 8 nitrogen and oxygen atoms in total. The summed E-state index contributed by atoms with van der Waals surface area (Å²) in [6, 6.07) is 1.93. The molecule has 0 aliphatic carbocycles. The molecule has 1 saturated heterocycles. The lowest BCUT2D eigenvalue weighted by Gasteiger charge is -2.30. The van der Waals surface area contributed by atoms with Crippen molar-refractivity contribution in [3.63, 3.8) is 0 Å². The first-order valence-corrected chi connectivity index (χ1v) is 9.85. The Kier molecular flexibility index (Phi) is 4.70. The first-order chi connectivity index (χ1) is 11.4. The fraction of sp³-hybridized carbons (Fsp3) is 0.500. The van der Waals surface area contributed by atoms with E-state index in [1.54, 1.807) is 4.68 Å². The van der Waals surface area contributed by atoms with Crippen molar-refractivity contribution >= 4 is 32.4 Å². The summed E-state index contributed by atoms with van der Waals surface area (Å²) in [5, 5.41) is 7.20. The Morgan fingerprint density at radius 3 is 2.92 bits per heavy atom. The van der Waals surface area contributed by atoms with Crippen LogP contribution in [0.5, 0.6) is 0 Å². The highest BCUT2D eigenvalue weighted by Crippen LogP contribution is 2.32. The van der Waals surface area contributed by atoms with Crippen molar-refractivity contribution in [1.82, 2.24) is 19.1 Å². The summed E-state index contributed by atoms with van der Waals surface area (Å²) in [6.45, 7) is 2.25. The van der Waals surface area contributed by atoms with Crippen LogP contribution in [0.2, 0.25) is 0 Å². The summed E-state index contributed by atoms with van der Waals surface area (Å²) >= 11 is 0.971. The van der Waals surface area contributed by atoms with Gasteiger partial charge in [0.25, 0.3) is 10.0 Å². The van der Waals surface area contributed by atoms with E-state index >= 15 is 0 Å². The quantitative estimate of drug-likeness (QED) is 0.879. The minimum Gasteiger partial charge on any atom is -0.302 e. The highest BCUT2D eigenvalue weighted by molar-refractivity contribution is 7.91. The first kappa shape index (κ1) is 17.1. The Hall–Kier alpha value is -1.78. The van der Waals surface area contributed by atoms with Gasteiger partial charge in [0.05, 0.1) is 11.9 Å². The van der Waals surface area contributed by atoms with Crippen molar-refractivity contribution < 1.29 is 13.2 Å². The van der Waals surface area contributed by atoms with Gasteiger partial charge in [-0.1, -0.05) is 11.3 Å². The smallest absolute Gasteiger partial charge is 0.254 e. The lowest BCUT2D eigenvalue weighted by Crippen LogP contribution is -2.38. The molecule has 24 heavy (non-hydrogen) atoms. The number of nitrogens with one attached hydrogen (secondary N) is 1. The molecule has 1 fully saturated rings. The van der Waals surface area contributed by atoms with Crippen LogP contribution < -0.4 is 5.32 Å². The zero-order valence-corrected chi connectivity index (χ0v) is 15.1. The number of hydrogen-bond donors (Lipinski definition) is 1. The second kappa shape index (κ2) is 6.61. The number of rotatable bonds is 4. The number of carbonyl (C=O) groups excluding carboxylic acids is 1. The molecule has 3 heterocycles. The van der Waals surface area contributed by atoms with Crippen LogP contribution in [0.4, 0.5) is 5.13 Å². The summed E-state index contributed by atoms with van der Waals surface area (Å²) in [4.78, 5) is 15.0. The molecular weight excluding hydrogens is 350 g/mol. The van der Waals surface area contributed by atoms with Gasteiger partial charge in [0.15, 0.2) is 9.34 Å². The molecule has 0 unspecified atom stereocenters. The van der Waals surface area contributed by atoms with Crippen molar-refractivity contribution in [2.24, 2.45) is 7.05 Å². The molecule has 1 atom stereocenters. The SMILES string of the molecule is CC(=O)Nc1ncc(S(=O)(=O)N2CCC[C@H](c3ccn(C)n3)C2)s1. The molecule has 0 aromatic carbocycles. The summed E-state index contributed by atoms with van der Waals surface area (Å²) in [5.41, 5.74) is 0.917. The fourth-order valence-electron chi connectivity index (χ4n) is 2.77. The number of piperidine rings is 1. The van der Waals surface area contributed by atoms with E-state index in [0.29, 0.717) is 18.2 Å². The predicted molar refractivity (Wildman–Crippen MR) is 90.4 cm³/mol. The highest BCUT2D eigenvalue weighted by atomic mass is 32.2. The summed E-state index contributed by atoms with van der Waals surface area (Å²) < 4.78 is 29.0. The fourth-order valence-corrected chi connectivity index (χ4v) is 5.52. The number of amides is 1. The van der Waals surface area contributed by atoms with Crippen molar-refractivity contribution in [3.8, 4) is 0 Å². The number of carbonyl (C=O) groups is 1. The summed E-state index contributed by atoms with van der Waals surface area (Å²) in [5.74, 6) is -0.182. The maximum absolute atomic E-state index is 12.8. The molecule has 1 aliphatic heterocycles. The van der Waals surface area contributed by atoms with E-state index in [0.717, 1.165) is 29.9 Å². The van der Waals surface area contributed by atoms with Crippen LogP contribution in [-0.4, -0.2) is 46.5 Å². The average molecular weight is 369 g/mol. The van der Waals surface area contributed by atoms with Crippen LogP contribution in [0, 0.1) is 0 Å². The summed E-state index contributed by atoms with van der Waals surface area (Å²) in [7, 11) is -1.76. The Balaban J connectivity index is 1.78. The van der Waals surface area contributed by atoms with E-state index in [1.165, 1.54) is 17.4 Å². The van der Waals surface area contributed by atoms with E-state index in [-0.39, 0.29) is 16.0 Å². The van der Waals surface area contributed by atoms with Crippen LogP contribution in [0.15, 0.2) is 22.7 Å². The number of anilines is 1. The molecule has 130 valence electrons. The number of aromatic nitrogens is 3. The van der Waals surface area contributed by atoms with Crippen LogP contribution in [0.3, 0.4) is 0 Å². The Labute approximate surface area is 144 Å². The standard InChI is InChI=1S/C14H19N5O3S2/c1-10(20)16-14-15-8-13(23-14)24(21,22)19-6-3-4-11(9-19)12-5-7-18(2)17-12/h5,7-8,11H,3-4,6,9H2,1-2H3,(H,15,16,20)/t11-/m0/s1. The maximum atomic E-state index is 12.8. The molecule has 2 aromatic rings. The molecule has 0 bridgehead atoms. The molecule has 2 aromatic heterocycles. The monoisotopic (exact) mass is 369 g/mol. The van der Waals surface area contributed by atoms with Gasteiger partial charge in [0.2, 0.25) is 5.91 Å². The van der Waals surface area contributed by atoms with Gasteiger partial charge in [0, 0.05) is 39.2 Å².